The number of anilines is 4. The van der Waals surface area contributed by atoms with E-state index in [0.717, 1.165) is 22.7 Å². The van der Waals surface area contributed by atoms with Gasteiger partial charge in [-0.05, 0) is 48.5 Å². The zero-order valence-corrected chi connectivity index (χ0v) is 15.4. The Morgan fingerprint density at radius 2 is 1.12 bits per heavy atom. The van der Waals surface area contributed by atoms with Crippen molar-refractivity contribution in [2.24, 2.45) is 0 Å². The predicted molar refractivity (Wildman–Crippen MR) is 110 cm³/mol. The van der Waals surface area contributed by atoms with E-state index in [-0.39, 0.29) is 6.03 Å². The number of rotatable bonds is 8. The number of hydrogen-bond donors (Lipinski definition) is 4. The van der Waals surface area contributed by atoms with Gasteiger partial charge in [0.05, 0.1) is 0 Å². The lowest BCUT2D eigenvalue weighted by Gasteiger charge is -2.21. The summed E-state index contributed by atoms with van der Waals surface area (Å²) in [6.45, 7) is 2.53. The van der Waals surface area contributed by atoms with E-state index in [2.05, 4.69) is 20.4 Å². The van der Waals surface area contributed by atoms with Crippen molar-refractivity contribution in [3.05, 3.63) is 48.5 Å². The monoisotopic (exact) mass is 356 g/mol. The molecule has 0 aliphatic rings. The molecular weight excluding hydrogens is 328 g/mol. The van der Waals surface area contributed by atoms with E-state index >= 15 is 0 Å². The van der Waals surface area contributed by atoms with E-state index in [1.54, 1.807) is 0 Å². The van der Waals surface area contributed by atoms with Gasteiger partial charge in [0.1, 0.15) is 0 Å². The topological polar surface area (TPSA) is 99.7 Å². The van der Waals surface area contributed by atoms with Crippen LogP contribution in [0.2, 0.25) is 0 Å². The lowest BCUT2D eigenvalue weighted by molar-refractivity contribution is 0.241. The minimum atomic E-state index is -0.165. The molecule has 2 aromatic carbocycles. The maximum Gasteiger partial charge on any atom is 0.314 e. The Morgan fingerprint density at radius 1 is 0.769 bits per heavy atom. The summed E-state index contributed by atoms with van der Waals surface area (Å²) in [6, 6.07) is 15.1. The summed E-state index contributed by atoms with van der Waals surface area (Å²) < 4.78 is 0. The van der Waals surface area contributed by atoms with Gasteiger partial charge in [0.2, 0.25) is 0 Å². The predicted octanol–water partition coefficient (Wildman–Crippen LogP) is 1.72. The van der Waals surface area contributed by atoms with Gasteiger partial charge in [-0.3, -0.25) is 0 Å². The van der Waals surface area contributed by atoms with Gasteiger partial charge in [0.25, 0.3) is 0 Å². The molecule has 6 N–H and O–H groups in total. The van der Waals surface area contributed by atoms with Crippen molar-refractivity contribution in [1.29, 1.82) is 0 Å². The van der Waals surface area contributed by atoms with Crippen molar-refractivity contribution in [1.82, 2.24) is 10.6 Å². The van der Waals surface area contributed by atoms with E-state index in [1.807, 2.05) is 62.6 Å². The highest BCUT2D eigenvalue weighted by Gasteiger charge is 2.04. The molecule has 0 aromatic heterocycles. The van der Waals surface area contributed by atoms with Crippen LogP contribution in [-0.4, -0.2) is 46.3 Å². The van der Waals surface area contributed by atoms with Gasteiger partial charge >= 0.3 is 6.03 Å². The normalized spacial score (nSPS) is 10.2. The molecule has 0 heterocycles. The molecule has 7 nitrogen and oxygen atoms in total. The first-order valence-corrected chi connectivity index (χ1v) is 8.61. The Hall–Kier alpha value is -3.09. The average Bonchev–Trinajstić information content (AvgIpc) is 2.62. The fraction of sp³-hybridized carbons (Fsp3) is 0.316. The minimum absolute atomic E-state index is 0.165. The Morgan fingerprint density at radius 3 is 1.46 bits per heavy atom. The van der Waals surface area contributed by atoms with Gasteiger partial charge in [-0.2, -0.15) is 0 Å². The first-order chi connectivity index (χ1) is 12.5. The fourth-order valence-corrected chi connectivity index (χ4v) is 2.45. The van der Waals surface area contributed by atoms with Gasteiger partial charge < -0.3 is 31.9 Å². The van der Waals surface area contributed by atoms with Gasteiger partial charge in [-0.25, -0.2) is 4.79 Å². The summed E-state index contributed by atoms with van der Waals surface area (Å²) in [7, 11) is 3.96. The zero-order chi connectivity index (χ0) is 18.9. The number of urea groups is 1. The van der Waals surface area contributed by atoms with E-state index < -0.39 is 0 Å². The first-order valence-electron chi connectivity index (χ1n) is 8.61. The fourth-order valence-electron chi connectivity index (χ4n) is 2.45. The summed E-state index contributed by atoms with van der Waals surface area (Å²) in [6.07, 6.45) is 0. The molecule has 26 heavy (non-hydrogen) atoms. The van der Waals surface area contributed by atoms with Crippen LogP contribution in [0.15, 0.2) is 48.5 Å². The largest absolute Gasteiger partial charge is 0.399 e. The van der Waals surface area contributed by atoms with Crippen molar-refractivity contribution in [3.8, 4) is 0 Å². The number of nitrogens with zero attached hydrogens (tertiary/aromatic N) is 2. The number of nitrogens with two attached hydrogens (primary N) is 2. The van der Waals surface area contributed by atoms with Crippen LogP contribution in [-0.2, 0) is 0 Å². The summed E-state index contributed by atoms with van der Waals surface area (Å²) in [5, 5.41) is 5.73. The maximum absolute atomic E-state index is 11.9. The quantitative estimate of drug-likeness (QED) is 0.540. The van der Waals surface area contributed by atoms with Gasteiger partial charge in [0.15, 0.2) is 0 Å². The minimum Gasteiger partial charge on any atom is -0.399 e. The Bertz CT molecular complexity index is 627. The maximum atomic E-state index is 11.9. The average molecular weight is 356 g/mol. The molecule has 0 atom stereocenters. The Kier molecular flexibility index (Phi) is 6.96. The standard InChI is InChI=1S/C19H28N6O/c1-24(17-7-3-15(20)4-8-17)13-11-22-19(26)23-12-14-25(2)18-9-5-16(21)6-10-18/h3-10H,11-14,20-21H2,1-2H3,(H2,22,23,26). The molecule has 0 aliphatic carbocycles. The molecule has 0 saturated carbocycles. The molecule has 0 bridgehead atoms. The lowest BCUT2D eigenvalue weighted by atomic mass is 10.2. The molecule has 2 amide bonds. The Labute approximate surface area is 155 Å². The van der Waals surface area contributed by atoms with Crippen LogP contribution in [0.1, 0.15) is 0 Å². The second kappa shape index (κ2) is 9.41. The van der Waals surface area contributed by atoms with Crippen molar-refractivity contribution in [3.63, 3.8) is 0 Å². The van der Waals surface area contributed by atoms with Crippen LogP contribution in [0.3, 0.4) is 0 Å². The third-order valence-electron chi connectivity index (χ3n) is 4.13. The number of amides is 2. The molecule has 0 aliphatic heterocycles. The van der Waals surface area contributed by atoms with E-state index in [4.69, 9.17) is 11.5 Å². The van der Waals surface area contributed by atoms with Gasteiger partial charge in [-0.15, -0.1) is 0 Å². The highest BCUT2D eigenvalue weighted by molar-refractivity contribution is 5.73. The van der Waals surface area contributed by atoms with Crippen molar-refractivity contribution in [2.45, 2.75) is 0 Å². The van der Waals surface area contributed by atoms with E-state index in [1.165, 1.54) is 0 Å². The summed E-state index contributed by atoms with van der Waals surface area (Å²) >= 11 is 0. The van der Waals surface area contributed by atoms with Crippen LogP contribution < -0.4 is 31.9 Å². The third kappa shape index (κ3) is 6.08. The lowest BCUT2D eigenvalue weighted by Crippen LogP contribution is -2.42. The number of hydrogen-bond acceptors (Lipinski definition) is 5. The number of nitrogens with one attached hydrogen (secondary N) is 2. The molecule has 0 radical (unpaired) electrons. The van der Waals surface area contributed by atoms with Gasteiger partial charge in [-0.1, -0.05) is 0 Å². The first kappa shape index (κ1) is 19.2. The van der Waals surface area contributed by atoms with Crippen molar-refractivity contribution in [2.75, 3.05) is 61.5 Å². The second-order valence-corrected chi connectivity index (χ2v) is 6.21. The highest BCUT2D eigenvalue weighted by atomic mass is 16.2. The number of nitrogen functional groups attached to an aromatic ring is 2. The Balaban J connectivity index is 1.62. The van der Waals surface area contributed by atoms with Crippen LogP contribution in [0.4, 0.5) is 27.5 Å². The molecule has 0 saturated heterocycles. The summed E-state index contributed by atoms with van der Waals surface area (Å²) in [5.74, 6) is 0. The molecule has 0 unspecified atom stereocenters. The molecule has 0 spiro atoms. The molecular formula is C19H28N6O. The SMILES string of the molecule is CN(CCNC(=O)NCCN(C)c1ccc(N)cc1)c1ccc(N)cc1. The van der Waals surface area contributed by atoms with Crippen LogP contribution in [0.25, 0.3) is 0 Å². The number of carbonyl (C=O) groups is 1. The number of benzene rings is 2. The molecule has 140 valence electrons. The highest BCUT2D eigenvalue weighted by Crippen LogP contribution is 2.14. The van der Waals surface area contributed by atoms with Crippen LogP contribution in [0, 0.1) is 0 Å². The van der Waals surface area contributed by atoms with Crippen LogP contribution in [0.5, 0.6) is 0 Å². The molecule has 7 heteroatoms. The summed E-state index contributed by atoms with van der Waals surface area (Å²) in [4.78, 5) is 16.0. The zero-order valence-electron chi connectivity index (χ0n) is 15.4. The number of carbonyl (C=O) groups excluding carboxylic acids is 1. The van der Waals surface area contributed by atoms with Crippen molar-refractivity contribution < 1.29 is 4.79 Å². The van der Waals surface area contributed by atoms with E-state index in [0.29, 0.717) is 26.2 Å². The van der Waals surface area contributed by atoms with Crippen LogP contribution >= 0.6 is 0 Å². The summed E-state index contributed by atoms with van der Waals surface area (Å²) in [5.41, 5.74) is 15.0. The third-order valence-corrected chi connectivity index (χ3v) is 4.13. The van der Waals surface area contributed by atoms with E-state index in [9.17, 15) is 4.79 Å². The smallest absolute Gasteiger partial charge is 0.314 e. The second-order valence-electron chi connectivity index (χ2n) is 6.21. The van der Waals surface area contributed by atoms with Gasteiger partial charge in [0, 0.05) is 63.0 Å². The number of likely N-dealkylation sites (N-methyl/N-ethyl adjacent to an activating group) is 2. The molecule has 0 fully saturated rings. The van der Waals surface area contributed by atoms with Crippen molar-refractivity contribution >= 4 is 28.8 Å². The molecule has 2 rings (SSSR count). The molecule has 2 aromatic rings.